The molecule has 29 heavy (non-hydrogen) atoms. The molecule has 2 aromatic carbocycles. The van der Waals surface area contributed by atoms with Crippen molar-refractivity contribution in [3.8, 4) is 11.5 Å². The Kier molecular flexibility index (Phi) is 6.91. The number of hydrogen-bond donors (Lipinski definition) is 2. The standard InChI is InChI=1S/C21H21N3O4S/c1-3-27-18-11-16(9-10-17(18)28-13-15-7-5-4-6-8-15)12-19(20(25)26)29-21-22-14(2)23-24-21/h4-12H,3,13H2,1-2H3,(H,25,26)(H,22,23,24). The molecule has 0 unspecified atom stereocenters. The summed E-state index contributed by atoms with van der Waals surface area (Å²) in [6, 6.07) is 15.2. The number of H-pyrrole nitrogens is 1. The number of ether oxygens (including phenoxy) is 2. The molecule has 150 valence electrons. The minimum Gasteiger partial charge on any atom is -0.490 e. The van der Waals surface area contributed by atoms with Gasteiger partial charge in [-0.2, -0.15) is 0 Å². The Balaban J connectivity index is 1.81. The van der Waals surface area contributed by atoms with Crippen LogP contribution in [-0.4, -0.2) is 32.9 Å². The summed E-state index contributed by atoms with van der Waals surface area (Å²) in [5.74, 6) is 0.721. The van der Waals surface area contributed by atoms with Crippen molar-refractivity contribution < 1.29 is 19.4 Å². The van der Waals surface area contributed by atoms with Gasteiger partial charge in [0.1, 0.15) is 17.3 Å². The van der Waals surface area contributed by atoms with Gasteiger partial charge in [-0.15, -0.1) is 5.10 Å². The molecule has 0 bridgehead atoms. The second-order valence-corrected chi connectivity index (χ2v) is 7.04. The number of carboxylic acids is 1. The van der Waals surface area contributed by atoms with Gasteiger partial charge in [0.05, 0.1) is 6.61 Å². The van der Waals surface area contributed by atoms with E-state index in [-0.39, 0.29) is 4.91 Å². The van der Waals surface area contributed by atoms with Gasteiger partial charge in [0.15, 0.2) is 11.5 Å². The molecule has 0 aliphatic heterocycles. The van der Waals surface area contributed by atoms with Crippen molar-refractivity contribution in [3.63, 3.8) is 0 Å². The second kappa shape index (κ2) is 9.79. The summed E-state index contributed by atoms with van der Waals surface area (Å²) in [5.41, 5.74) is 1.72. The summed E-state index contributed by atoms with van der Waals surface area (Å²) in [4.78, 5) is 15.9. The number of aromatic amines is 1. The van der Waals surface area contributed by atoms with Crippen LogP contribution in [0.25, 0.3) is 6.08 Å². The average molecular weight is 411 g/mol. The summed E-state index contributed by atoms with van der Waals surface area (Å²) >= 11 is 0.979. The quantitative estimate of drug-likeness (QED) is 0.400. The first-order valence-electron chi connectivity index (χ1n) is 9.00. The highest BCUT2D eigenvalue weighted by atomic mass is 32.2. The number of aliphatic carboxylic acids is 1. The van der Waals surface area contributed by atoms with E-state index >= 15 is 0 Å². The smallest absolute Gasteiger partial charge is 0.342 e. The van der Waals surface area contributed by atoms with Crippen LogP contribution in [0.5, 0.6) is 11.5 Å². The Morgan fingerprint density at radius 3 is 2.62 bits per heavy atom. The van der Waals surface area contributed by atoms with Gasteiger partial charge >= 0.3 is 5.97 Å². The van der Waals surface area contributed by atoms with Crippen molar-refractivity contribution in [3.05, 3.63) is 70.4 Å². The average Bonchev–Trinajstić information content (AvgIpc) is 3.12. The highest BCUT2D eigenvalue weighted by Gasteiger charge is 2.14. The maximum absolute atomic E-state index is 11.6. The molecule has 3 rings (SSSR count). The molecule has 0 radical (unpaired) electrons. The summed E-state index contributed by atoms with van der Waals surface area (Å²) in [6.07, 6.45) is 1.56. The van der Waals surface area contributed by atoms with E-state index in [0.29, 0.717) is 41.3 Å². The van der Waals surface area contributed by atoms with Crippen LogP contribution in [0.1, 0.15) is 23.9 Å². The third kappa shape index (κ3) is 5.86. The number of hydrogen-bond acceptors (Lipinski definition) is 6. The van der Waals surface area contributed by atoms with Gasteiger partial charge in [0, 0.05) is 0 Å². The molecule has 0 fully saturated rings. The SMILES string of the molecule is CCOc1cc(C=C(Sc2n[nH]c(C)n2)C(=O)O)ccc1OCc1ccccc1. The molecular weight excluding hydrogens is 390 g/mol. The predicted molar refractivity (Wildman–Crippen MR) is 111 cm³/mol. The van der Waals surface area contributed by atoms with E-state index in [0.717, 1.165) is 17.3 Å². The molecule has 0 spiro atoms. The fourth-order valence-electron chi connectivity index (χ4n) is 2.49. The number of thioether (sulfide) groups is 1. The fourth-order valence-corrected chi connectivity index (χ4v) is 3.24. The van der Waals surface area contributed by atoms with Crippen LogP contribution in [0.2, 0.25) is 0 Å². The highest BCUT2D eigenvalue weighted by molar-refractivity contribution is 8.04. The largest absolute Gasteiger partial charge is 0.490 e. The number of aryl methyl sites for hydroxylation is 1. The molecule has 0 aliphatic rings. The van der Waals surface area contributed by atoms with E-state index in [1.165, 1.54) is 0 Å². The maximum Gasteiger partial charge on any atom is 0.342 e. The van der Waals surface area contributed by atoms with E-state index in [4.69, 9.17) is 9.47 Å². The van der Waals surface area contributed by atoms with Crippen LogP contribution < -0.4 is 9.47 Å². The lowest BCUT2D eigenvalue weighted by molar-refractivity contribution is -0.131. The van der Waals surface area contributed by atoms with Crippen molar-refractivity contribution in [2.75, 3.05) is 6.61 Å². The van der Waals surface area contributed by atoms with Gasteiger partial charge in [-0.3, -0.25) is 5.10 Å². The molecule has 0 saturated carbocycles. The Hall–Kier alpha value is -3.26. The highest BCUT2D eigenvalue weighted by Crippen LogP contribution is 2.32. The number of nitrogens with one attached hydrogen (secondary N) is 1. The van der Waals surface area contributed by atoms with Crippen molar-refractivity contribution in [2.24, 2.45) is 0 Å². The number of rotatable bonds is 9. The van der Waals surface area contributed by atoms with Gasteiger partial charge in [-0.25, -0.2) is 9.78 Å². The summed E-state index contributed by atoms with van der Waals surface area (Å²) in [6.45, 7) is 4.51. The van der Waals surface area contributed by atoms with Crippen LogP contribution in [0.3, 0.4) is 0 Å². The van der Waals surface area contributed by atoms with Crippen LogP contribution in [0, 0.1) is 6.92 Å². The Morgan fingerprint density at radius 1 is 1.17 bits per heavy atom. The van der Waals surface area contributed by atoms with Crippen LogP contribution >= 0.6 is 11.8 Å². The molecule has 0 saturated heterocycles. The summed E-state index contributed by atoms with van der Waals surface area (Å²) in [5, 5.41) is 16.6. The molecule has 0 aliphatic carbocycles. The molecule has 8 heteroatoms. The molecule has 0 atom stereocenters. The lowest BCUT2D eigenvalue weighted by atomic mass is 10.2. The van der Waals surface area contributed by atoms with Crippen LogP contribution in [0.4, 0.5) is 0 Å². The van der Waals surface area contributed by atoms with Gasteiger partial charge in [0.25, 0.3) is 0 Å². The Morgan fingerprint density at radius 2 is 1.97 bits per heavy atom. The van der Waals surface area contributed by atoms with E-state index in [2.05, 4.69) is 15.2 Å². The number of nitrogens with zero attached hydrogens (tertiary/aromatic N) is 2. The van der Waals surface area contributed by atoms with E-state index in [9.17, 15) is 9.90 Å². The minimum absolute atomic E-state index is 0.101. The van der Waals surface area contributed by atoms with E-state index < -0.39 is 5.97 Å². The second-order valence-electron chi connectivity index (χ2n) is 6.03. The first-order chi connectivity index (χ1) is 14.0. The number of carbonyl (C=O) groups is 1. The number of carboxylic acid groups (broad SMARTS) is 1. The van der Waals surface area contributed by atoms with E-state index in [1.54, 1.807) is 31.2 Å². The normalized spacial score (nSPS) is 11.3. The van der Waals surface area contributed by atoms with Crippen molar-refractivity contribution in [1.82, 2.24) is 15.2 Å². The zero-order valence-corrected chi connectivity index (χ0v) is 16.9. The summed E-state index contributed by atoms with van der Waals surface area (Å²) in [7, 11) is 0. The molecule has 1 aromatic heterocycles. The molecule has 2 N–H and O–H groups in total. The van der Waals surface area contributed by atoms with Crippen molar-refractivity contribution in [1.29, 1.82) is 0 Å². The van der Waals surface area contributed by atoms with Gasteiger partial charge in [0.2, 0.25) is 5.16 Å². The zero-order chi connectivity index (χ0) is 20.6. The van der Waals surface area contributed by atoms with E-state index in [1.807, 2.05) is 37.3 Å². The molecule has 7 nitrogen and oxygen atoms in total. The maximum atomic E-state index is 11.6. The third-order valence-electron chi connectivity index (χ3n) is 3.79. The zero-order valence-electron chi connectivity index (χ0n) is 16.1. The lowest BCUT2D eigenvalue weighted by Crippen LogP contribution is -2.00. The van der Waals surface area contributed by atoms with Crippen molar-refractivity contribution in [2.45, 2.75) is 25.6 Å². The van der Waals surface area contributed by atoms with Crippen LogP contribution in [-0.2, 0) is 11.4 Å². The first-order valence-corrected chi connectivity index (χ1v) is 9.82. The first kappa shape index (κ1) is 20.5. The third-order valence-corrected chi connectivity index (χ3v) is 4.67. The lowest BCUT2D eigenvalue weighted by Gasteiger charge is -2.13. The fraction of sp³-hybridized carbons (Fsp3) is 0.190. The molecule has 3 aromatic rings. The number of aromatic nitrogens is 3. The Bertz CT molecular complexity index is 1000. The topological polar surface area (TPSA) is 97.3 Å². The molecular formula is C21H21N3O4S. The molecule has 1 heterocycles. The van der Waals surface area contributed by atoms with Gasteiger partial charge < -0.3 is 14.6 Å². The monoisotopic (exact) mass is 411 g/mol. The summed E-state index contributed by atoms with van der Waals surface area (Å²) < 4.78 is 11.6. The predicted octanol–water partition coefficient (Wildman–Crippen LogP) is 4.31. The van der Waals surface area contributed by atoms with Crippen LogP contribution in [0.15, 0.2) is 58.6 Å². The minimum atomic E-state index is -1.06. The van der Waals surface area contributed by atoms with Gasteiger partial charge in [-0.05, 0) is 54.9 Å². The number of benzene rings is 2. The Labute approximate surface area is 172 Å². The molecule has 0 amide bonds. The van der Waals surface area contributed by atoms with Crippen molar-refractivity contribution >= 4 is 23.8 Å². The van der Waals surface area contributed by atoms with Gasteiger partial charge in [-0.1, -0.05) is 36.4 Å².